The topological polar surface area (TPSA) is 66.8 Å². The van der Waals surface area contributed by atoms with Crippen LogP contribution in [0.15, 0.2) is 23.1 Å². The maximum atomic E-state index is 13.8. The summed E-state index contributed by atoms with van der Waals surface area (Å²) < 4.78 is 44.1. The van der Waals surface area contributed by atoms with E-state index in [4.69, 9.17) is 21.4 Å². The second-order valence-electron chi connectivity index (χ2n) is 3.67. The first-order valence-corrected chi connectivity index (χ1v) is 7.31. The van der Waals surface area contributed by atoms with Crippen molar-refractivity contribution in [3.63, 3.8) is 0 Å². The lowest BCUT2D eigenvalue weighted by Crippen LogP contribution is -2.36. The predicted molar refractivity (Wildman–Crippen MR) is 69.1 cm³/mol. The molecule has 0 bridgehead atoms. The molecule has 0 saturated heterocycles. The zero-order chi connectivity index (χ0) is 14.5. The maximum absolute atomic E-state index is 13.8. The van der Waals surface area contributed by atoms with Crippen LogP contribution in [0.5, 0.6) is 0 Å². The fraction of sp³-hybridized carbons (Fsp3) is 0.455. The van der Waals surface area contributed by atoms with E-state index < -0.39 is 20.7 Å². The zero-order valence-corrected chi connectivity index (χ0v) is 11.9. The SMILES string of the molecule is COCCN(CCO)S(=O)(=O)c1cccc(Cl)c1F. The Hall–Kier alpha value is -0.730. The summed E-state index contributed by atoms with van der Waals surface area (Å²) >= 11 is 5.57. The molecule has 0 fully saturated rings. The Labute approximate surface area is 116 Å². The van der Waals surface area contributed by atoms with Crippen molar-refractivity contribution in [3.8, 4) is 0 Å². The summed E-state index contributed by atoms with van der Waals surface area (Å²) in [5.74, 6) is -0.996. The van der Waals surface area contributed by atoms with Crippen molar-refractivity contribution in [1.29, 1.82) is 0 Å². The van der Waals surface area contributed by atoms with Crippen molar-refractivity contribution in [2.75, 3.05) is 33.4 Å². The van der Waals surface area contributed by atoms with Crippen molar-refractivity contribution in [3.05, 3.63) is 29.0 Å². The van der Waals surface area contributed by atoms with Gasteiger partial charge in [0.15, 0.2) is 5.82 Å². The van der Waals surface area contributed by atoms with Gasteiger partial charge >= 0.3 is 0 Å². The van der Waals surface area contributed by atoms with Crippen LogP contribution in [0.4, 0.5) is 4.39 Å². The third-order valence-electron chi connectivity index (χ3n) is 2.43. The number of aliphatic hydroxyl groups is 1. The Morgan fingerprint density at radius 1 is 1.42 bits per heavy atom. The van der Waals surface area contributed by atoms with Crippen LogP contribution in [-0.2, 0) is 14.8 Å². The molecular weight excluding hydrogens is 297 g/mol. The molecule has 0 aliphatic heterocycles. The molecule has 1 rings (SSSR count). The van der Waals surface area contributed by atoms with E-state index in [2.05, 4.69) is 0 Å². The fourth-order valence-corrected chi connectivity index (χ4v) is 3.21. The van der Waals surface area contributed by atoms with Gasteiger partial charge in [0.2, 0.25) is 10.0 Å². The Morgan fingerprint density at radius 3 is 2.68 bits per heavy atom. The third kappa shape index (κ3) is 3.87. The molecule has 0 amide bonds. The number of aliphatic hydroxyl groups excluding tert-OH is 1. The van der Waals surface area contributed by atoms with E-state index >= 15 is 0 Å². The molecule has 0 radical (unpaired) electrons. The highest BCUT2D eigenvalue weighted by atomic mass is 35.5. The summed E-state index contributed by atoms with van der Waals surface area (Å²) in [5.41, 5.74) is 0. The number of ether oxygens (including phenoxy) is 1. The Bertz CT molecular complexity index is 523. The quantitative estimate of drug-likeness (QED) is 0.819. The lowest BCUT2D eigenvalue weighted by molar-refractivity contribution is 0.168. The largest absolute Gasteiger partial charge is 0.395 e. The monoisotopic (exact) mass is 311 g/mol. The van der Waals surface area contributed by atoms with Crippen LogP contribution in [0.2, 0.25) is 5.02 Å². The highest BCUT2D eigenvalue weighted by molar-refractivity contribution is 7.89. The summed E-state index contributed by atoms with van der Waals surface area (Å²) in [5, 5.41) is 8.64. The van der Waals surface area contributed by atoms with Gasteiger partial charge in [-0.15, -0.1) is 0 Å². The molecule has 0 aliphatic rings. The molecule has 0 aromatic heterocycles. The highest BCUT2D eigenvalue weighted by Gasteiger charge is 2.27. The van der Waals surface area contributed by atoms with Crippen molar-refractivity contribution >= 4 is 21.6 Å². The number of methoxy groups -OCH3 is 1. The normalized spacial score (nSPS) is 12.1. The van der Waals surface area contributed by atoms with Crippen molar-refractivity contribution in [1.82, 2.24) is 4.31 Å². The van der Waals surface area contributed by atoms with Gasteiger partial charge in [0, 0.05) is 20.2 Å². The highest BCUT2D eigenvalue weighted by Crippen LogP contribution is 2.24. The first kappa shape index (κ1) is 16.3. The van der Waals surface area contributed by atoms with Crippen LogP contribution >= 0.6 is 11.6 Å². The molecule has 1 aromatic carbocycles. The average Bonchev–Trinajstić information content (AvgIpc) is 2.37. The minimum atomic E-state index is -4.05. The fourth-order valence-electron chi connectivity index (χ4n) is 1.48. The molecule has 0 heterocycles. The molecule has 1 N–H and O–H groups in total. The summed E-state index contributed by atoms with van der Waals surface area (Å²) in [7, 11) is -2.63. The van der Waals surface area contributed by atoms with E-state index in [-0.39, 0.29) is 31.3 Å². The van der Waals surface area contributed by atoms with Gasteiger partial charge in [0.25, 0.3) is 0 Å². The molecule has 1 aromatic rings. The van der Waals surface area contributed by atoms with Gasteiger partial charge in [-0.1, -0.05) is 17.7 Å². The van der Waals surface area contributed by atoms with Gasteiger partial charge in [-0.2, -0.15) is 4.31 Å². The number of hydrogen-bond acceptors (Lipinski definition) is 4. The van der Waals surface area contributed by atoms with Gasteiger partial charge in [0.05, 0.1) is 18.2 Å². The van der Waals surface area contributed by atoms with Gasteiger partial charge in [-0.05, 0) is 12.1 Å². The van der Waals surface area contributed by atoms with E-state index in [1.54, 1.807) is 0 Å². The summed E-state index contributed by atoms with van der Waals surface area (Å²) in [6, 6.07) is 3.75. The second-order valence-corrected chi connectivity index (χ2v) is 5.99. The summed E-state index contributed by atoms with van der Waals surface area (Å²) in [6.45, 7) is -0.352. The van der Waals surface area contributed by atoms with E-state index in [0.29, 0.717) is 0 Å². The van der Waals surface area contributed by atoms with E-state index in [9.17, 15) is 12.8 Å². The minimum Gasteiger partial charge on any atom is -0.395 e. The van der Waals surface area contributed by atoms with Crippen molar-refractivity contribution < 1.29 is 22.7 Å². The minimum absolute atomic E-state index is 0.0192. The molecule has 0 unspecified atom stereocenters. The maximum Gasteiger partial charge on any atom is 0.246 e. The van der Waals surface area contributed by atoms with Crippen LogP contribution < -0.4 is 0 Å². The predicted octanol–water partition coefficient (Wildman–Crippen LogP) is 1.11. The Kier molecular flexibility index (Phi) is 6.15. The summed E-state index contributed by atoms with van der Waals surface area (Å²) in [6.07, 6.45) is 0. The van der Waals surface area contributed by atoms with Gasteiger partial charge in [0.1, 0.15) is 4.90 Å². The van der Waals surface area contributed by atoms with Gasteiger partial charge in [-0.25, -0.2) is 12.8 Å². The third-order valence-corrected chi connectivity index (χ3v) is 4.64. The average molecular weight is 312 g/mol. The lowest BCUT2D eigenvalue weighted by Gasteiger charge is -2.21. The molecule has 0 atom stereocenters. The van der Waals surface area contributed by atoms with Gasteiger partial charge < -0.3 is 9.84 Å². The molecular formula is C11H15ClFNO4S. The molecule has 8 heteroatoms. The number of halogens is 2. The molecule has 0 spiro atoms. The summed E-state index contributed by atoms with van der Waals surface area (Å²) in [4.78, 5) is -0.510. The van der Waals surface area contributed by atoms with E-state index in [1.165, 1.54) is 19.2 Å². The molecule has 108 valence electrons. The van der Waals surface area contributed by atoms with Crippen LogP contribution in [-0.4, -0.2) is 51.2 Å². The smallest absolute Gasteiger partial charge is 0.246 e. The van der Waals surface area contributed by atoms with Crippen LogP contribution in [0.1, 0.15) is 0 Å². The second kappa shape index (κ2) is 7.16. The Balaban J connectivity index is 3.15. The van der Waals surface area contributed by atoms with E-state index in [1.807, 2.05) is 0 Å². The molecule has 0 saturated carbocycles. The van der Waals surface area contributed by atoms with Crippen molar-refractivity contribution in [2.24, 2.45) is 0 Å². The molecule has 0 aliphatic carbocycles. The first-order chi connectivity index (χ1) is 8.95. The number of benzene rings is 1. The van der Waals surface area contributed by atoms with Gasteiger partial charge in [-0.3, -0.25) is 0 Å². The van der Waals surface area contributed by atoms with Crippen molar-refractivity contribution in [2.45, 2.75) is 4.90 Å². The number of rotatable bonds is 7. The standard InChI is InChI=1S/C11H15ClFNO4S/c1-18-8-6-14(5-7-15)19(16,17)10-4-2-3-9(12)11(10)13/h2-4,15H,5-8H2,1H3. The molecule has 5 nitrogen and oxygen atoms in total. The van der Waals surface area contributed by atoms with E-state index in [0.717, 1.165) is 10.4 Å². The Morgan fingerprint density at radius 2 is 2.11 bits per heavy atom. The zero-order valence-electron chi connectivity index (χ0n) is 10.3. The number of nitrogens with zero attached hydrogens (tertiary/aromatic N) is 1. The van der Waals surface area contributed by atoms with Crippen LogP contribution in [0, 0.1) is 5.82 Å². The first-order valence-electron chi connectivity index (χ1n) is 5.49. The number of hydrogen-bond donors (Lipinski definition) is 1. The molecule has 19 heavy (non-hydrogen) atoms. The van der Waals surface area contributed by atoms with Crippen LogP contribution in [0.25, 0.3) is 0 Å². The van der Waals surface area contributed by atoms with Crippen LogP contribution in [0.3, 0.4) is 0 Å². The lowest BCUT2D eigenvalue weighted by atomic mass is 10.3. The number of sulfonamides is 1.